The van der Waals surface area contributed by atoms with Crippen LogP contribution in [0.3, 0.4) is 0 Å². The van der Waals surface area contributed by atoms with Gasteiger partial charge >= 0.3 is 0 Å². The maximum atomic E-state index is 12.8. The molecule has 0 spiro atoms. The van der Waals surface area contributed by atoms with Crippen molar-refractivity contribution in [3.8, 4) is 34.5 Å². The smallest absolute Gasteiger partial charge is 0.238 e. The predicted molar refractivity (Wildman–Crippen MR) is 210 cm³/mol. The zero-order valence-corrected chi connectivity index (χ0v) is 30.3. The Morgan fingerprint density at radius 1 is 0.615 bits per heavy atom. The van der Waals surface area contributed by atoms with Crippen LogP contribution in [0.4, 0.5) is 11.4 Å². The first kappa shape index (κ1) is 34.7. The number of anilines is 2. The number of carbonyl (C=O) groups excluding carboxylic acids is 1. The van der Waals surface area contributed by atoms with Crippen molar-refractivity contribution < 1.29 is 23.7 Å². The molecule has 0 atom stereocenters. The minimum Gasteiger partial charge on any atom is -0.493 e. The Bertz CT molecular complexity index is 2110. The van der Waals surface area contributed by atoms with Crippen molar-refractivity contribution in [2.75, 3.05) is 28.8 Å². The summed E-state index contributed by atoms with van der Waals surface area (Å²) in [6, 6.07) is 47.4. The molecular formula is C44H39BrN2O5. The standard InChI is InChI=1S/C23H20BrNO3.C21H19NO2/c24-15-22(26)25(16-18-8-6-7-17-13-14-27-23(17)18)20-11-4-5-12-21(20)28-19-9-2-1-3-10-19;1-2-9-18(10-3-1)24-20-12-5-4-11-19(20)22-15-17-8-6-7-16-13-14-23-21(16)17/h1-12H,13-16H2;1-12,22H,13-15H2. The summed E-state index contributed by atoms with van der Waals surface area (Å²) in [6.07, 6.45) is 1.90. The number of halogens is 1. The molecule has 6 aromatic rings. The largest absolute Gasteiger partial charge is 0.493 e. The third kappa shape index (κ3) is 8.41. The number of hydrogen-bond donors (Lipinski definition) is 1. The fraction of sp³-hybridized carbons (Fsp3) is 0.159. The first-order chi connectivity index (χ1) is 25.7. The predicted octanol–water partition coefficient (Wildman–Crippen LogP) is 10.4. The van der Waals surface area contributed by atoms with Crippen molar-refractivity contribution in [1.29, 1.82) is 0 Å². The van der Waals surface area contributed by atoms with E-state index in [1.54, 1.807) is 4.90 Å². The van der Waals surface area contributed by atoms with Crippen LogP contribution in [0.15, 0.2) is 146 Å². The van der Waals surface area contributed by atoms with Crippen molar-refractivity contribution >= 4 is 33.2 Å². The molecule has 0 aliphatic carbocycles. The maximum absolute atomic E-state index is 12.8. The molecule has 6 aromatic carbocycles. The number of nitrogens with zero attached hydrogens (tertiary/aromatic N) is 1. The van der Waals surface area contributed by atoms with E-state index in [-0.39, 0.29) is 11.2 Å². The molecular weight excluding hydrogens is 716 g/mol. The Morgan fingerprint density at radius 3 is 1.81 bits per heavy atom. The molecule has 7 nitrogen and oxygen atoms in total. The van der Waals surface area contributed by atoms with Crippen LogP contribution >= 0.6 is 15.9 Å². The monoisotopic (exact) mass is 754 g/mol. The van der Waals surface area contributed by atoms with E-state index in [2.05, 4.69) is 45.5 Å². The number of benzene rings is 6. The third-order valence-electron chi connectivity index (χ3n) is 8.79. The van der Waals surface area contributed by atoms with Gasteiger partial charge < -0.3 is 29.2 Å². The second kappa shape index (κ2) is 17.0. The van der Waals surface area contributed by atoms with Crippen LogP contribution in [0.1, 0.15) is 22.3 Å². The minimum atomic E-state index is -0.0419. The number of fused-ring (bicyclic) bond motifs is 2. The van der Waals surface area contributed by atoms with Gasteiger partial charge in [-0.25, -0.2) is 0 Å². The third-order valence-corrected chi connectivity index (χ3v) is 9.27. The van der Waals surface area contributed by atoms with Crippen LogP contribution in [0.5, 0.6) is 34.5 Å². The molecule has 1 N–H and O–H groups in total. The van der Waals surface area contributed by atoms with Gasteiger partial charge in [0.2, 0.25) is 5.91 Å². The van der Waals surface area contributed by atoms with E-state index in [4.69, 9.17) is 18.9 Å². The normalized spacial score (nSPS) is 12.2. The number of carbonyl (C=O) groups is 1. The highest BCUT2D eigenvalue weighted by Crippen LogP contribution is 2.37. The first-order valence-electron chi connectivity index (χ1n) is 17.4. The van der Waals surface area contributed by atoms with Crippen LogP contribution < -0.4 is 29.2 Å². The van der Waals surface area contributed by atoms with Crippen LogP contribution in [0, 0.1) is 0 Å². The van der Waals surface area contributed by atoms with Gasteiger partial charge in [0.1, 0.15) is 23.0 Å². The van der Waals surface area contributed by atoms with E-state index in [0.29, 0.717) is 25.4 Å². The van der Waals surface area contributed by atoms with Crippen LogP contribution in [-0.4, -0.2) is 24.5 Å². The number of hydrogen-bond acceptors (Lipinski definition) is 6. The molecule has 0 fully saturated rings. The molecule has 2 aliphatic rings. The highest BCUT2D eigenvalue weighted by atomic mass is 79.9. The molecule has 2 heterocycles. The summed E-state index contributed by atoms with van der Waals surface area (Å²) in [5.41, 5.74) is 6.36. The average Bonchev–Trinajstić information content (AvgIpc) is 3.89. The second-order valence-electron chi connectivity index (χ2n) is 12.3. The Balaban J connectivity index is 0.000000164. The van der Waals surface area contributed by atoms with E-state index in [9.17, 15) is 4.79 Å². The molecule has 8 rings (SSSR count). The fourth-order valence-electron chi connectivity index (χ4n) is 6.27. The molecule has 2 aliphatic heterocycles. The molecule has 0 radical (unpaired) electrons. The van der Waals surface area contributed by atoms with Gasteiger partial charge in [-0.2, -0.15) is 0 Å². The molecule has 0 unspecified atom stereocenters. The number of amides is 1. The summed E-state index contributed by atoms with van der Waals surface area (Å²) in [6.45, 7) is 2.59. The lowest BCUT2D eigenvalue weighted by Gasteiger charge is -2.25. The van der Waals surface area contributed by atoms with Crippen molar-refractivity contribution in [3.63, 3.8) is 0 Å². The molecule has 52 heavy (non-hydrogen) atoms. The number of nitrogens with one attached hydrogen (secondary N) is 1. The highest BCUT2D eigenvalue weighted by Gasteiger charge is 2.23. The van der Waals surface area contributed by atoms with Crippen molar-refractivity contribution in [2.24, 2.45) is 0 Å². The summed E-state index contributed by atoms with van der Waals surface area (Å²) < 4.78 is 23.7. The highest BCUT2D eigenvalue weighted by molar-refractivity contribution is 9.09. The van der Waals surface area contributed by atoms with Gasteiger partial charge in [0, 0.05) is 30.5 Å². The average molecular weight is 756 g/mol. The van der Waals surface area contributed by atoms with Gasteiger partial charge in [0.25, 0.3) is 0 Å². The van der Waals surface area contributed by atoms with Crippen LogP contribution in [0.25, 0.3) is 0 Å². The quantitative estimate of drug-likeness (QED) is 0.133. The molecule has 0 aromatic heterocycles. The summed E-state index contributed by atoms with van der Waals surface area (Å²) in [5, 5.41) is 3.70. The zero-order valence-electron chi connectivity index (χ0n) is 28.7. The maximum Gasteiger partial charge on any atom is 0.238 e. The Labute approximate surface area is 312 Å². The van der Waals surface area contributed by atoms with Crippen LogP contribution in [-0.2, 0) is 30.7 Å². The van der Waals surface area contributed by atoms with Crippen molar-refractivity contribution in [2.45, 2.75) is 25.9 Å². The Hall–Kier alpha value is -5.73. The number of rotatable bonds is 11. The lowest BCUT2D eigenvalue weighted by Crippen LogP contribution is -2.31. The number of alkyl halides is 1. The molecule has 1 amide bonds. The zero-order chi connectivity index (χ0) is 35.5. The van der Waals surface area contributed by atoms with Crippen molar-refractivity contribution in [1.82, 2.24) is 0 Å². The van der Waals surface area contributed by atoms with E-state index in [1.165, 1.54) is 16.7 Å². The van der Waals surface area contributed by atoms with Gasteiger partial charge in [0.15, 0.2) is 11.5 Å². The number of para-hydroxylation sites is 8. The Kier molecular flexibility index (Phi) is 11.3. The number of ether oxygens (including phenoxy) is 4. The van der Waals surface area contributed by atoms with Gasteiger partial charge in [0.05, 0.1) is 36.5 Å². The summed E-state index contributed by atoms with van der Waals surface area (Å²) >= 11 is 3.32. The van der Waals surface area contributed by atoms with Gasteiger partial charge in [-0.3, -0.25) is 4.79 Å². The second-order valence-corrected chi connectivity index (χ2v) is 12.8. The lowest BCUT2D eigenvalue weighted by molar-refractivity contribution is -0.116. The van der Waals surface area contributed by atoms with Crippen LogP contribution in [0.2, 0.25) is 0 Å². The molecule has 0 saturated carbocycles. The fourth-order valence-corrected chi connectivity index (χ4v) is 6.57. The van der Waals surface area contributed by atoms with E-state index in [1.807, 2.05) is 121 Å². The van der Waals surface area contributed by atoms with E-state index in [0.717, 1.165) is 65.1 Å². The van der Waals surface area contributed by atoms with Gasteiger partial charge in [-0.15, -0.1) is 0 Å². The molecule has 262 valence electrons. The van der Waals surface area contributed by atoms with Crippen molar-refractivity contribution in [3.05, 3.63) is 168 Å². The first-order valence-corrected chi connectivity index (χ1v) is 18.5. The topological polar surface area (TPSA) is 69.3 Å². The molecule has 0 bridgehead atoms. The van der Waals surface area contributed by atoms with E-state index < -0.39 is 0 Å². The van der Waals surface area contributed by atoms with Gasteiger partial charge in [-0.05, 0) is 59.7 Å². The minimum absolute atomic E-state index is 0.0419. The van der Waals surface area contributed by atoms with E-state index >= 15 is 0 Å². The lowest BCUT2D eigenvalue weighted by atomic mass is 10.1. The molecule has 8 heteroatoms. The SMILES string of the molecule is O=C(CBr)N(Cc1cccc2c1OCC2)c1ccccc1Oc1ccccc1.c1ccc(Oc2ccccc2NCc2cccc3c2OCC3)cc1. The summed E-state index contributed by atoms with van der Waals surface area (Å²) in [5.74, 6) is 4.90. The Morgan fingerprint density at radius 2 is 1.15 bits per heavy atom. The van der Waals surface area contributed by atoms with Gasteiger partial charge in [-0.1, -0.05) is 113 Å². The summed E-state index contributed by atoms with van der Waals surface area (Å²) in [4.78, 5) is 14.5. The summed E-state index contributed by atoms with van der Waals surface area (Å²) in [7, 11) is 0. The molecule has 0 saturated heterocycles.